The number of hydrogen-bond donors (Lipinski definition) is 0. The number of hydrogen-bond acceptors (Lipinski definition) is 2. The van der Waals surface area contributed by atoms with Crippen molar-refractivity contribution in [3.8, 4) is 10.6 Å². The predicted molar refractivity (Wildman–Crippen MR) is 64.8 cm³/mol. The molecule has 1 aromatic heterocycles. The second-order valence-corrected chi connectivity index (χ2v) is 4.90. The monoisotopic (exact) mass is 303 g/mol. The molecular weight excluding hydrogens is 296 g/mol. The first-order valence-corrected chi connectivity index (χ1v) is 6.54. The molecule has 0 spiro atoms. The molecule has 2 rings (SSSR count). The normalized spacial score (nSPS) is 10.8. The molecule has 0 atom stereocenters. The highest BCUT2D eigenvalue weighted by molar-refractivity contribution is 9.08. The van der Waals surface area contributed by atoms with E-state index in [0.29, 0.717) is 10.3 Å². The molecule has 1 aromatic carbocycles. The van der Waals surface area contributed by atoms with Crippen LogP contribution in [0.15, 0.2) is 18.2 Å². The molecule has 16 heavy (non-hydrogen) atoms. The first kappa shape index (κ1) is 11.7. The number of alkyl halides is 1. The van der Waals surface area contributed by atoms with Gasteiger partial charge in [-0.05, 0) is 19.1 Å². The van der Waals surface area contributed by atoms with Gasteiger partial charge in [0, 0.05) is 10.2 Å². The molecule has 0 aliphatic carbocycles. The minimum Gasteiger partial charge on any atom is -0.241 e. The molecule has 0 bridgehead atoms. The Morgan fingerprint density at radius 3 is 2.44 bits per heavy atom. The van der Waals surface area contributed by atoms with Gasteiger partial charge in [0.25, 0.3) is 0 Å². The zero-order valence-corrected chi connectivity index (χ0v) is 10.8. The van der Waals surface area contributed by atoms with Crippen molar-refractivity contribution in [1.82, 2.24) is 4.98 Å². The first-order valence-electron chi connectivity index (χ1n) is 4.60. The van der Waals surface area contributed by atoms with Gasteiger partial charge in [0.15, 0.2) is 0 Å². The van der Waals surface area contributed by atoms with E-state index in [2.05, 4.69) is 20.9 Å². The van der Waals surface area contributed by atoms with E-state index in [1.54, 1.807) is 0 Å². The van der Waals surface area contributed by atoms with Crippen LogP contribution in [0, 0.1) is 18.6 Å². The van der Waals surface area contributed by atoms with Gasteiger partial charge in [0.05, 0.1) is 11.3 Å². The van der Waals surface area contributed by atoms with E-state index in [1.165, 1.54) is 29.5 Å². The van der Waals surface area contributed by atoms with Crippen LogP contribution in [0.2, 0.25) is 0 Å². The minimum atomic E-state index is -0.574. The Labute approximate surface area is 104 Å². The molecule has 0 radical (unpaired) electrons. The highest BCUT2D eigenvalue weighted by Crippen LogP contribution is 2.32. The van der Waals surface area contributed by atoms with Crippen molar-refractivity contribution >= 4 is 27.3 Å². The number of thiazole rings is 1. The lowest BCUT2D eigenvalue weighted by molar-refractivity contribution is 0.589. The fourth-order valence-corrected chi connectivity index (χ4v) is 3.07. The molecule has 0 saturated heterocycles. The van der Waals surface area contributed by atoms with E-state index in [-0.39, 0.29) is 5.56 Å². The van der Waals surface area contributed by atoms with Gasteiger partial charge >= 0.3 is 0 Å². The van der Waals surface area contributed by atoms with Gasteiger partial charge in [-0.3, -0.25) is 0 Å². The summed E-state index contributed by atoms with van der Waals surface area (Å²) in [6.07, 6.45) is 0. The average molecular weight is 304 g/mol. The average Bonchev–Trinajstić information content (AvgIpc) is 2.59. The Morgan fingerprint density at radius 1 is 1.31 bits per heavy atom. The smallest absolute Gasteiger partial charge is 0.136 e. The third-order valence-electron chi connectivity index (χ3n) is 2.19. The molecule has 2 aromatic rings. The Morgan fingerprint density at radius 2 is 1.94 bits per heavy atom. The van der Waals surface area contributed by atoms with Gasteiger partial charge in [-0.1, -0.05) is 22.0 Å². The number of benzene rings is 1. The van der Waals surface area contributed by atoms with Gasteiger partial charge in [0.2, 0.25) is 0 Å². The predicted octanol–water partition coefficient (Wildman–Crippen LogP) is 4.29. The van der Waals surface area contributed by atoms with Crippen LogP contribution in [-0.2, 0) is 5.33 Å². The second-order valence-electron chi connectivity index (χ2n) is 3.26. The lowest BCUT2D eigenvalue weighted by Gasteiger charge is -1.99. The molecule has 0 aliphatic heterocycles. The quantitative estimate of drug-likeness (QED) is 0.754. The van der Waals surface area contributed by atoms with Gasteiger partial charge in [-0.2, -0.15) is 0 Å². The molecular formula is C11H8BrF2NS. The molecule has 0 N–H and O–H groups in total. The van der Waals surface area contributed by atoms with Crippen LogP contribution in [0.3, 0.4) is 0 Å². The van der Waals surface area contributed by atoms with Crippen LogP contribution in [0.1, 0.15) is 10.6 Å². The zero-order chi connectivity index (χ0) is 11.7. The third-order valence-corrected chi connectivity index (χ3v) is 4.30. The maximum Gasteiger partial charge on any atom is 0.136 e. The highest BCUT2D eigenvalue weighted by atomic mass is 79.9. The Bertz CT molecular complexity index is 504. The van der Waals surface area contributed by atoms with Crippen LogP contribution in [0.25, 0.3) is 10.6 Å². The van der Waals surface area contributed by atoms with E-state index in [9.17, 15) is 8.78 Å². The number of aromatic nitrogens is 1. The van der Waals surface area contributed by atoms with E-state index >= 15 is 0 Å². The third kappa shape index (κ3) is 2.01. The molecule has 5 heteroatoms. The number of aryl methyl sites for hydroxylation is 1. The van der Waals surface area contributed by atoms with Crippen LogP contribution in [0.5, 0.6) is 0 Å². The summed E-state index contributed by atoms with van der Waals surface area (Å²) < 4.78 is 27.0. The topological polar surface area (TPSA) is 12.9 Å². The highest BCUT2D eigenvalue weighted by Gasteiger charge is 2.16. The molecule has 0 aliphatic rings. The Hall–Kier alpha value is -0.810. The van der Waals surface area contributed by atoms with Crippen molar-refractivity contribution in [2.75, 3.05) is 0 Å². The lowest BCUT2D eigenvalue weighted by atomic mass is 10.2. The van der Waals surface area contributed by atoms with Crippen LogP contribution in [0.4, 0.5) is 8.78 Å². The summed E-state index contributed by atoms with van der Waals surface area (Å²) in [6.45, 7) is 1.83. The van der Waals surface area contributed by atoms with Gasteiger partial charge in [0.1, 0.15) is 16.6 Å². The van der Waals surface area contributed by atoms with E-state index < -0.39 is 11.6 Å². The molecule has 0 amide bonds. The molecule has 0 unspecified atom stereocenters. The van der Waals surface area contributed by atoms with Crippen LogP contribution in [-0.4, -0.2) is 4.98 Å². The molecule has 1 heterocycles. The number of halogens is 3. The van der Waals surface area contributed by atoms with E-state index in [1.807, 2.05) is 6.92 Å². The summed E-state index contributed by atoms with van der Waals surface area (Å²) in [5, 5.41) is 1.04. The SMILES string of the molecule is Cc1nc(-c2c(F)cccc2F)sc1CBr. The van der Waals surface area contributed by atoms with Crippen molar-refractivity contribution in [3.63, 3.8) is 0 Å². The molecule has 0 fully saturated rings. The Balaban J connectivity index is 2.58. The van der Waals surface area contributed by atoms with Crippen molar-refractivity contribution in [3.05, 3.63) is 40.4 Å². The van der Waals surface area contributed by atoms with Crippen LogP contribution >= 0.6 is 27.3 Å². The van der Waals surface area contributed by atoms with Gasteiger partial charge in [-0.25, -0.2) is 13.8 Å². The zero-order valence-electron chi connectivity index (χ0n) is 8.43. The van der Waals surface area contributed by atoms with E-state index in [0.717, 1.165) is 10.6 Å². The number of nitrogens with zero attached hydrogens (tertiary/aromatic N) is 1. The largest absolute Gasteiger partial charge is 0.241 e. The lowest BCUT2D eigenvalue weighted by Crippen LogP contribution is -1.88. The molecule has 0 saturated carbocycles. The standard InChI is InChI=1S/C11H8BrF2NS/c1-6-9(5-12)16-11(15-6)10-7(13)3-2-4-8(10)14/h2-4H,5H2,1H3. The van der Waals surface area contributed by atoms with Crippen molar-refractivity contribution in [2.24, 2.45) is 0 Å². The van der Waals surface area contributed by atoms with Crippen molar-refractivity contribution < 1.29 is 8.78 Å². The summed E-state index contributed by atoms with van der Waals surface area (Å²) >= 11 is 4.62. The van der Waals surface area contributed by atoms with E-state index in [4.69, 9.17) is 0 Å². The van der Waals surface area contributed by atoms with Gasteiger partial charge < -0.3 is 0 Å². The van der Waals surface area contributed by atoms with Crippen LogP contribution < -0.4 is 0 Å². The van der Waals surface area contributed by atoms with Crippen molar-refractivity contribution in [1.29, 1.82) is 0 Å². The van der Waals surface area contributed by atoms with Gasteiger partial charge in [-0.15, -0.1) is 11.3 Å². The first-order chi connectivity index (χ1) is 7.63. The fraction of sp³-hybridized carbons (Fsp3) is 0.182. The maximum absolute atomic E-state index is 13.5. The second kappa shape index (κ2) is 4.59. The molecule has 1 nitrogen and oxygen atoms in total. The summed E-state index contributed by atoms with van der Waals surface area (Å²) in [5.74, 6) is -1.15. The summed E-state index contributed by atoms with van der Waals surface area (Å²) in [7, 11) is 0. The molecule has 84 valence electrons. The number of rotatable bonds is 2. The Kier molecular flexibility index (Phi) is 3.35. The maximum atomic E-state index is 13.5. The summed E-state index contributed by atoms with van der Waals surface area (Å²) in [6, 6.07) is 3.83. The fourth-order valence-electron chi connectivity index (χ4n) is 1.36. The summed E-state index contributed by atoms with van der Waals surface area (Å²) in [4.78, 5) is 5.17. The van der Waals surface area contributed by atoms with Crippen molar-refractivity contribution in [2.45, 2.75) is 12.3 Å². The summed E-state index contributed by atoms with van der Waals surface area (Å²) in [5.41, 5.74) is 0.766. The minimum absolute atomic E-state index is 0.0391.